The first-order valence-electron chi connectivity index (χ1n) is 12.9. The molecule has 2 heterocycles. The minimum atomic E-state index is -4.53. The molecule has 0 saturated carbocycles. The standard InChI is InChI=1S/C29H33F3N4O3/c1-4-36(2)15-13-35(14-16-36)19-23-5-8-24(18-26(23)29(30,31)32)34-27(37)20-39-25-9-6-21(7-10-25)22-11-12-33-28(17-22)38-3/h5-12,17-18H,4,13-16,19-20H2,1-3H3/p+1. The number of aromatic nitrogens is 1. The summed E-state index contributed by atoms with van der Waals surface area (Å²) >= 11 is 0. The molecule has 7 nitrogen and oxygen atoms in total. The first kappa shape index (κ1) is 28.4. The molecule has 1 N–H and O–H groups in total. The maximum atomic E-state index is 13.9. The third-order valence-electron chi connectivity index (χ3n) is 7.27. The van der Waals surface area contributed by atoms with Gasteiger partial charge in [0.2, 0.25) is 5.88 Å². The van der Waals surface area contributed by atoms with Gasteiger partial charge in [0.15, 0.2) is 6.61 Å². The highest BCUT2D eigenvalue weighted by Gasteiger charge is 2.35. The monoisotopic (exact) mass is 543 g/mol. The summed E-state index contributed by atoms with van der Waals surface area (Å²) in [5.41, 5.74) is 1.37. The number of methoxy groups -OCH3 is 1. The smallest absolute Gasteiger partial charge is 0.416 e. The number of halogens is 3. The molecule has 4 rings (SSSR count). The van der Waals surface area contributed by atoms with Gasteiger partial charge in [0.1, 0.15) is 5.75 Å². The molecule has 1 aromatic heterocycles. The van der Waals surface area contributed by atoms with Crippen molar-refractivity contribution in [2.75, 3.05) is 58.8 Å². The number of likely N-dealkylation sites (N-methyl/N-ethyl adjacent to an activating group) is 1. The van der Waals surface area contributed by atoms with E-state index in [1.54, 1.807) is 31.5 Å². The third-order valence-corrected chi connectivity index (χ3v) is 7.27. The second kappa shape index (κ2) is 12.0. The summed E-state index contributed by atoms with van der Waals surface area (Å²) in [6.45, 7) is 6.33. The number of quaternary nitrogens is 1. The largest absolute Gasteiger partial charge is 0.484 e. The van der Waals surface area contributed by atoms with Crippen LogP contribution in [0.4, 0.5) is 18.9 Å². The number of piperazine rings is 1. The fraction of sp³-hybridized carbons (Fsp3) is 0.379. The van der Waals surface area contributed by atoms with E-state index < -0.39 is 17.6 Å². The quantitative estimate of drug-likeness (QED) is 0.382. The van der Waals surface area contributed by atoms with Crippen LogP contribution in [0, 0.1) is 0 Å². The van der Waals surface area contributed by atoms with Gasteiger partial charge in [-0.05, 0) is 53.9 Å². The Morgan fingerprint density at radius 1 is 1.05 bits per heavy atom. The molecule has 0 spiro atoms. The van der Waals surface area contributed by atoms with Gasteiger partial charge in [0.05, 0.1) is 39.4 Å². The van der Waals surface area contributed by atoms with E-state index in [0.717, 1.165) is 54.4 Å². The number of hydrogen-bond acceptors (Lipinski definition) is 5. The number of alkyl halides is 3. The van der Waals surface area contributed by atoms with Crippen molar-refractivity contribution in [2.24, 2.45) is 0 Å². The van der Waals surface area contributed by atoms with Crippen LogP contribution in [-0.4, -0.2) is 73.8 Å². The number of anilines is 1. The van der Waals surface area contributed by atoms with E-state index >= 15 is 0 Å². The van der Waals surface area contributed by atoms with Gasteiger partial charge in [0.25, 0.3) is 5.91 Å². The first-order valence-corrected chi connectivity index (χ1v) is 12.9. The van der Waals surface area contributed by atoms with Crippen molar-refractivity contribution < 1.29 is 31.9 Å². The van der Waals surface area contributed by atoms with E-state index in [-0.39, 0.29) is 24.4 Å². The Bertz CT molecular complexity index is 1270. The van der Waals surface area contributed by atoms with Crippen LogP contribution in [0.25, 0.3) is 11.1 Å². The van der Waals surface area contributed by atoms with Crippen molar-refractivity contribution in [3.8, 4) is 22.8 Å². The van der Waals surface area contributed by atoms with Crippen molar-refractivity contribution in [3.63, 3.8) is 0 Å². The fourth-order valence-electron chi connectivity index (χ4n) is 4.55. The van der Waals surface area contributed by atoms with Crippen molar-refractivity contribution in [3.05, 3.63) is 71.9 Å². The van der Waals surface area contributed by atoms with Crippen LogP contribution in [0.5, 0.6) is 11.6 Å². The molecule has 0 atom stereocenters. The average molecular weight is 544 g/mol. The summed E-state index contributed by atoms with van der Waals surface area (Å²) in [7, 11) is 3.72. The summed E-state index contributed by atoms with van der Waals surface area (Å²) in [6, 6.07) is 14.7. The highest BCUT2D eigenvalue weighted by Crippen LogP contribution is 2.35. The van der Waals surface area contributed by atoms with Gasteiger partial charge in [-0.25, -0.2) is 4.98 Å². The molecule has 39 heavy (non-hydrogen) atoms. The number of hydrogen-bond donors (Lipinski definition) is 1. The predicted octanol–water partition coefficient (Wildman–Crippen LogP) is 5.08. The van der Waals surface area contributed by atoms with Gasteiger partial charge in [-0.15, -0.1) is 0 Å². The summed E-state index contributed by atoms with van der Waals surface area (Å²) < 4.78 is 53.3. The first-order chi connectivity index (χ1) is 18.6. The minimum Gasteiger partial charge on any atom is -0.484 e. The van der Waals surface area contributed by atoms with Crippen LogP contribution in [0.1, 0.15) is 18.1 Å². The highest BCUT2D eigenvalue weighted by atomic mass is 19.4. The zero-order valence-corrected chi connectivity index (χ0v) is 22.4. The number of carbonyl (C=O) groups is 1. The van der Waals surface area contributed by atoms with E-state index in [1.807, 2.05) is 18.2 Å². The van der Waals surface area contributed by atoms with Crippen molar-refractivity contribution in [2.45, 2.75) is 19.6 Å². The number of benzene rings is 2. The lowest BCUT2D eigenvalue weighted by molar-refractivity contribution is -0.912. The van der Waals surface area contributed by atoms with Crippen LogP contribution in [-0.2, 0) is 17.5 Å². The molecular weight excluding hydrogens is 509 g/mol. The van der Waals surface area contributed by atoms with Crippen LogP contribution >= 0.6 is 0 Å². The lowest BCUT2D eigenvalue weighted by Gasteiger charge is -2.41. The number of ether oxygens (including phenoxy) is 2. The number of nitrogens with zero attached hydrogens (tertiary/aromatic N) is 3. The molecule has 0 unspecified atom stereocenters. The predicted molar refractivity (Wildman–Crippen MR) is 144 cm³/mol. The number of pyridine rings is 1. The molecule has 3 aromatic rings. The Morgan fingerprint density at radius 2 is 1.77 bits per heavy atom. The molecule has 0 bridgehead atoms. The number of rotatable bonds is 9. The second-order valence-corrected chi connectivity index (χ2v) is 9.98. The zero-order valence-electron chi connectivity index (χ0n) is 22.4. The second-order valence-electron chi connectivity index (χ2n) is 9.98. The lowest BCUT2D eigenvalue weighted by Crippen LogP contribution is -2.56. The molecule has 1 amide bonds. The third kappa shape index (κ3) is 7.48. The van der Waals surface area contributed by atoms with Crippen LogP contribution in [0.2, 0.25) is 0 Å². The van der Waals surface area contributed by atoms with Crippen molar-refractivity contribution >= 4 is 11.6 Å². The molecule has 1 aliphatic heterocycles. The van der Waals surface area contributed by atoms with E-state index in [9.17, 15) is 18.0 Å². The maximum absolute atomic E-state index is 13.9. The Kier molecular flexibility index (Phi) is 8.76. The molecule has 0 radical (unpaired) electrons. The van der Waals surface area contributed by atoms with Gasteiger partial charge in [-0.2, -0.15) is 13.2 Å². The Hall–Kier alpha value is -3.63. The van der Waals surface area contributed by atoms with Gasteiger partial charge < -0.3 is 19.3 Å². The van der Waals surface area contributed by atoms with Gasteiger partial charge in [-0.1, -0.05) is 18.2 Å². The fourth-order valence-corrected chi connectivity index (χ4v) is 4.55. The molecule has 1 fully saturated rings. The minimum absolute atomic E-state index is 0.0792. The van der Waals surface area contributed by atoms with E-state index in [4.69, 9.17) is 9.47 Å². The summed E-state index contributed by atoms with van der Waals surface area (Å²) in [5.74, 6) is 0.406. The van der Waals surface area contributed by atoms with E-state index in [1.165, 1.54) is 12.1 Å². The molecule has 1 saturated heterocycles. The molecule has 208 valence electrons. The highest BCUT2D eigenvalue weighted by molar-refractivity contribution is 5.92. The van der Waals surface area contributed by atoms with Crippen LogP contribution in [0.3, 0.4) is 0 Å². The maximum Gasteiger partial charge on any atom is 0.416 e. The van der Waals surface area contributed by atoms with Crippen LogP contribution in [0.15, 0.2) is 60.8 Å². The number of nitrogens with one attached hydrogen (secondary N) is 1. The molecule has 1 aliphatic rings. The normalized spacial score (nSPS) is 15.5. The SMILES string of the molecule is CC[N+]1(C)CCN(Cc2ccc(NC(=O)COc3ccc(-c4ccnc(OC)c4)cc3)cc2C(F)(F)F)CC1. The van der Waals surface area contributed by atoms with Crippen molar-refractivity contribution in [1.29, 1.82) is 0 Å². The summed E-state index contributed by atoms with van der Waals surface area (Å²) in [4.78, 5) is 18.6. The molecular formula is C29H34F3N4O3+. The molecule has 0 aliphatic carbocycles. The van der Waals surface area contributed by atoms with Gasteiger partial charge >= 0.3 is 6.18 Å². The molecule has 10 heteroatoms. The van der Waals surface area contributed by atoms with E-state index in [0.29, 0.717) is 11.6 Å². The lowest BCUT2D eigenvalue weighted by atomic mass is 10.0. The Labute approximate surface area is 226 Å². The van der Waals surface area contributed by atoms with Crippen molar-refractivity contribution in [1.82, 2.24) is 9.88 Å². The zero-order chi connectivity index (χ0) is 28.0. The van der Waals surface area contributed by atoms with Gasteiger partial charge in [-0.3, -0.25) is 9.69 Å². The Balaban J connectivity index is 1.35. The summed E-state index contributed by atoms with van der Waals surface area (Å²) in [5, 5.41) is 2.52. The van der Waals surface area contributed by atoms with E-state index in [2.05, 4.69) is 29.2 Å². The topological polar surface area (TPSA) is 63.7 Å². The summed E-state index contributed by atoms with van der Waals surface area (Å²) in [6.07, 6.45) is -2.88. The number of carbonyl (C=O) groups excluding carboxylic acids is 1. The average Bonchev–Trinajstić information content (AvgIpc) is 2.94. The molecule has 2 aromatic carbocycles. The number of amides is 1. The Morgan fingerprint density at radius 3 is 2.41 bits per heavy atom. The van der Waals surface area contributed by atoms with Crippen LogP contribution < -0.4 is 14.8 Å². The van der Waals surface area contributed by atoms with Gasteiger partial charge in [0, 0.05) is 37.6 Å².